The Bertz CT molecular complexity index is 184. The topological polar surface area (TPSA) is 64.3 Å². The summed E-state index contributed by atoms with van der Waals surface area (Å²) in [6.07, 6.45) is 3.55. The number of ether oxygens (including phenoxy) is 1. The largest absolute Gasteiger partial charge is 0.385 e. The molecule has 2 atom stereocenters. The van der Waals surface area contributed by atoms with Crippen LogP contribution in [0.3, 0.4) is 0 Å². The Hall–Kier alpha value is 0.0300. The molecule has 0 radical (unpaired) electrons. The summed E-state index contributed by atoms with van der Waals surface area (Å²) in [6, 6.07) is -0.264. The molecule has 0 bridgehead atoms. The molecule has 0 aliphatic carbocycles. The number of hydrogen-bond donors (Lipinski definition) is 2. The molecule has 6 heteroatoms. The minimum absolute atomic E-state index is 0. The number of carbonyl (C=O) groups is 1. The molecule has 0 saturated carbocycles. The van der Waals surface area contributed by atoms with E-state index in [0.29, 0.717) is 6.61 Å². The lowest BCUT2D eigenvalue weighted by atomic mass is 10.2. The summed E-state index contributed by atoms with van der Waals surface area (Å²) in [6.45, 7) is 2.61. The molecule has 4 nitrogen and oxygen atoms in total. The van der Waals surface area contributed by atoms with Crippen molar-refractivity contribution in [3.05, 3.63) is 0 Å². The Morgan fingerprint density at radius 1 is 1.50 bits per heavy atom. The molecule has 16 heavy (non-hydrogen) atoms. The lowest BCUT2D eigenvalue weighted by Crippen LogP contribution is -2.44. The van der Waals surface area contributed by atoms with Crippen LogP contribution in [-0.2, 0) is 9.53 Å². The number of nitrogens with one attached hydrogen (secondary N) is 1. The minimum atomic E-state index is -0.387. The van der Waals surface area contributed by atoms with Gasteiger partial charge in [0.15, 0.2) is 0 Å². The van der Waals surface area contributed by atoms with Crippen LogP contribution in [0, 0.1) is 0 Å². The third kappa shape index (κ3) is 9.27. The second-order valence-electron chi connectivity index (χ2n) is 3.58. The molecular weight excluding hydrogens is 248 g/mol. The monoisotopic (exact) mass is 270 g/mol. The van der Waals surface area contributed by atoms with E-state index in [0.717, 1.165) is 18.6 Å². The second-order valence-corrected chi connectivity index (χ2v) is 4.56. The van der Waals surface area contributed by atoms with E-state index >= 15 is 0 Å². The third-order valence-corrected chi connectivity index (χ3v) is 2.76. The predicted octanol–water partition coefficient (Wildman–Crippen LogP) is 1.03. The van der Waals surface area contributed by atoms with Crippen molar-refractivity contribution in [1.82, 2.24) is 5.32 Å². The van der Waals surface area contributed by atoms with E-state index in [1.54, 1.807) is 18.9 Å². The molecule has 0 heterocycles. The van der Waals surface area contributed by atoms with Crippen LogP contribution in [-0.4, -0.2) is 43.7 Å². The van der Waals surface area contributed by atoms with Gasteiger partial charge in [0.2, 0.25) is 5.91 Å². The number of hydrogen-bond acceptors (Lipinski definition) is 4. The van der Waals surface area contributed by atoms with Gasteiger partial charge in [-0.05, 0) is 31.8 Å². The lowest BCUT2D eigenvalue weighted by Gasteiger charge is -2.16. The van der Waals surface area contributed by atoms with Gasteiger partial charge in [0.1, 0.15) is 0 Å². The molecule has 0 fully saturated rings. The van der Waals surface area contributed by atoms with Crippen LogP contribution >= 0.6 is 24.2 Å². The van der Waals surface area contributed by atoms with E-state index in [4.69, 9.17) is 10.5 Å². The Morgan fingerprint density at radius 2 is 2.12 bits per heavy atom. The SMILES string of the molecule is COCCC(C)NC(=O)[C@@H](N)CCSC.Cl. The molecular formula is C10H23ClN2O2S. The smallest absolute Gasteiger partial charge is 0.237 e. The normalized spacial score (nSPS) is 13.8. The quantitative estimate of drug-likeness (QED) is 0.692. The van der Waals surface area contributed by atoms with Crippen molar-refractivity contribution in [2.75, 3.05) is 25.7 Å². The number of halogens is 1. The molecule has 0 saturated heterocycles. The number of carbonyl (C=O) groups excluding carboxylic acids is 1. The number of amides is 1. The number of methoxy groups -OCH3 is 1. The van der Waals surface area contributed by atoms with Crippen LogP contribution in [0.25, 0.3) is 0 Å². The molecule has 1 unspecified atom stereocenters. The Balaban J connectivity index is 0. The first-order valence-electron chi connectivity index (χ1n) is 5.15. The van der Waals surface area contributed by atoms with Gasteiger partial charge < -0.3 is 15.8 Å². The summed E-state index contributed by atoms with van der Waals surface area (Å²) in [5.74, 6) is 0.855. The van der Waals surface area contributed by atoms with Gasteiger partial charge in [-0.1, -0.05) is 0 Å². The number of nitrogens with two attached hydrogens (primary N) is 1. The van der Waals surface area contributed by atoms with Crippen molar-refractivity contribution in [3.63, 3.8) is 0 Å². The molecule has 0 spiro atoms. The molecule has 3 N–H and O–H groups in total. The van der Waals surface area contributed by atoms with Crippen molar-refractivity contribution < 1.29 is 9.53 Å². The highest BCUT2D eigenvalue weighted by Crippen LogP contribution is 1.99. The van der Waals surface area contributed by atoms with Gasteiger partial charge in [-0.15, -0.1) is 12.4 Å². The zero-order valence-corrected chi connectivity index (χ0v) is 11.8. The zero-order chi connectivity index (χ0) is 11.7. The maximum atomic E-state index is 11.5. The van der Waals surface area contributed by atoms with Gasteiger partial charge >= 0.3 is 0 Å². The Kier molecular flexibility index (Phi) is 13.2. The average Bonchev–Trinajstić information content (AvgIpc) is 2.22. The van der Waals surface area contributed by atoms with Crippen LogP contribution in [0.2, 0.25) is 0 Å². The van der Waals surface area contributed by atoms with Gasteiger partial charge in [0.05, 0.1) is 6.04 Å². The summed E-state index contributed by atoms with van der Waals surface area (Å²) in [5, 5.41) is 2.87. The Labute approximate surface area is 108 Å². The summed E-state index contributed by atoms with van der Waals surface area (Å²) in [7, 11) is 1.65. The van der Waals surface area contributed by atoms with Crippen molar-refractivity contribution in [2.24, 2.45) is 5.73 Å². The fraction of sp³-hybridized carbons (Fsp3) is 0.900. The molecule has 0 aromatic rings. The van der Waals surface area contributed by atoms with E-state index in [1.165, 1.54) is 0 Å². The molecule has 0 aliphatic heterocycles. The van der Waals surface area contributed by atoms with Crippen LogP contribution in [0.15, 0.2) is 0 Å². The number of rotatable bonds is 8. The highest BCUT2D eigenvalue weighted by atomic mass is 35.5. The van der Waals surface area contributed by atoms with E-state index < -0.39 is 0 Å². The van der Waals surface area contributed by atoms with Crippen molar-refractivity contribution in [3.8, 4) is 0 Å². The fourth-order valence-corrected chi connectivity index (χ4v) is 1.58. The summed E-state index contributed by atoms with van der Waals surface area (Å²) < 4.78 is 4.93. The highest BCUT2D eigenvalue weighted by molar-refractivity contribution is 7.98. The summed E-state index contributed by atoms with van der Waals surface area (Å²) >= 11 is 1.70. The molecule has 1 amide bonds. The van der Waals surface area contributed by atoms with Crippen molar-refractivity contribution in [1.29, 1.82) is 0 Å². The number of thioether (sulfide) groups is 1. The van der Waals surface area contributed by atoms with Gasteiger partial charge in [-0.25, -0.2) is 0 Å². The van der Waals surface area contributed by atoms with E-state index in [9.17, 15) is 4.79 Å². The van der Waals surface area contributed by atoms with E-state index in [1.807, 2.05) is 13.2 Å². The second kappa shape index (κ2) is 11.5. The van der Waals surface area contributed by atoms with Crippen molar-refractivity contribution in [2.45, 2.75) is 31.8 Å². The van der Waals surface area contributed by atoms with Crippen LogP contribution in [0.5, 0.6) is 0 Å². The Morgan fingerprint density at radius 3 is 2.62 bits per heavy atom. The maximum Gasteiger partial charge on any atom is 0.237 e. The van der Waals surface area contributed by atoms with Gasteiger partial charge in [-0.2, -0.15) is 11.8 Å². The van der Waals surface area contributed by atoms with E-state index in [2.05, 4.69) is 5.32 Å². The van der Waals surface area contributed by atoms with Gasteiger partial charge in [0.25, 0.3) is 0 Å². The standard InChI is InChI=1S/C10H22N2O2S.ClH/c1-8(4-6-14-2)12-10(13)9(11)5-7-15-3;/h8-9H,4-7,11H2,1-3H3,(H,12,13);1H/t8?,9-;/m0./s1. The van der Waals surface area contributed by atoms with Crippen LogP contribution in [0.4, 0.5) is 0 Å². The highest BCUT2D eigenvalue weighted by Gasteiger charge is 2.14. The van der Waals surface area contributed by atoms with Gasteiger partial charge in [-0.3, -0.25) is 4.79 Å². The van der Waals surface area contributed by atoms with Crippen LogP contribution in [0.1, 0.15) is 19.8 Å². The average molecular weight is 271 g/mol. The zero-order valence-electron chi connectivity index (χ0n) is 10.2. The fourth-order valence-electron chi connectivity index (χ4n) is 1.09. The first-order valence-corrected chi connectivity index (χ1v) is 6.55. The maximum absolute atomic E-state index is 11.5. The summed E-state index contributed by atoms with van der Waals surface area (Å²) in [4.78, 5) is 11.5. The first-order chi connectivity index (χ1) is 7.11. The third-order valence-electron chi connectivity index (χ3n) is 2.11. The molecule has 98 valence electrons. The van der Waals surface area contributed by atoms with Crippen LogP contribution < -0.4 is 11.1 Å². The molecule has 0 rings (SSSR count). The molecule has 0 aromatic heterocycles. The van der Waals surface area contributed by atoms with Crippen molar-refractivity contribution >= 4 is 30.1 Å². The minimum Gasteiger partial charge on any atom is -0.385 e. The lowest BCUT2D eigenvalue weighted by molar-refractivity contribution is -0.123. The van der Waals surface area contributed by atoms with E-state index in [-0.39, 0.29) is 30.4 Å². The predicted molar refractivity (Wildman–Crippen MR) is 72.3 cm³/mol. The molecule has 0 aliphatic rings. The molecule has 0 aromatic carbocycles. The summed E-state index contributed by atoms with van der Waals surface area (Å²) in [5.41, 5.74) is 5.72. The van der Waals surface area contributed by atoms with Gasteiger partial charge in [0, 0.05) is 19.8 Å². The first kappa shape index (κ1) is 18.4.